The largest absolute Gasteiger partial charge is 0.383 e. The molecule has 0 spiro atoms. The molecular formula is C15H10BrN5O. The van der Waals surface area contributed by atoms with Gasteiger partial charge in [-0.25, -0.2) is 4.98 Å². The Hall–Kier alpha value is -2.72. The summed E-state index contributed by atoms with van der Waals surface area (Å²) in [6.07, 6.45) is 1.38. The van der Waals surface area contributed by atoms with Crippen molar-refractivity contribution in [2.75, 3.05) is 5.73 Å². The van der Waals surface area contributed by atoms with Gasteiger partial charge >= 0.3 is 0 Å². The zero-order chi connectivity index (χ0) is 15.9. The molecule has 0 saturated heterocycles. The Kier molecular flexibility index (Phi) is 3.39. The number of benzene rings is 1. The van der Waals surface area contributed by atoms with Crippen LogP contribution in [0.3, 0.4) is 0 Å². The maximum absolute atomic E-state index is 12.7. The summed E-state index contributed by atoms with van der Waals surface area (Å²) < 4.78 is 2.20. The highest BCUT2D eigenvalue weighted by Crippen LogP contribution is 2.23. The SMILES string of the molecule is Cc1nc2c(C#N)cnn2c(N)c1C(=O)c1ccc(Br)cc1. The van der Waals surface area contributed by atoms with Crippen LogP contribution < -0.4 is 5.73 Å². The van der Waals surface area contributed by atoms with Gasteiger partial charge in [-0.1, -0.05) is 15.9 Å². The summed E-state index contributed by atoms with van der Waals surface area (Å²) in [6, 6.07) is 8.98. The number of fused-ring (bicyclic) bond motifs is 1. The lowest BCUT2D eigenvalue weighted by atomic mass is 10.0. The highest BCUT2D eigenvalue weighted by Gasteiger charge is 2.21. The molecule has 108 valence electrons. The first-order valence-corrected chi connectivity index (χ1v) is 7.16. The maximum atomic E-state index is 12.7. The van der Waals surface area contributed by atoms with E-state index in [0.717, 1.165) is 4.47 Å². The van der Waals surface area contributed by atoms with Gasteiger partial charge in [0.1, 0.15) is 17.5 Å². The number of nitrogens with two attached hydrogens (primary N) is 1. The van der Waals surface area contributed by atoms with Crippen LogP contribution in [-0.4, -0.2) is 20.4 Å². The number of aromatic nitrogens is 3. The molecule has 0 atom stereocenters. The minimum atomic E-state index is -0.231. The maximum Gasteiger partial charge on any atom is 0.198 e. The third-order valence-corrected chi connectivity index (χ3v) is 3.85. The number of nitrogen functional groups attached to an aromatic ring is 1. The monoisotopic (exact) mass is 355 g/mol. The van der Waals surface area contributed by atoms with E-state index in [4.69, 9.17) is 11.0 Å². The number of nitriles is 1. The van der Waals surface area contributed by atoms with E-state index in [1.807, 2.05) is 6.07 Å². The van der Waals surface area contributed by atoms with Crippen LogP contribution in [0.2, 0.25) is 0 Å². The lowest BCUT2D eigenvalue weighted by molar-refractivity contribution is 0.103. The molecule has 7 heteroatoms. The predicted molar refractivity (Wildman–Crippen MR) is 84.4 cm³/mol. The Morgan fingerprint density at radius 1 is 1.36 bits per heavy atom. The Balaban J connectivity index is 2.21. The molecule has 0 radical (unpaired) electrons. The van der Waals surface area contributed by atoms with E-state index >= 15 is 0 Å². The van der Waals surface area contributed by atoms with Gasteiger partial charge in [0.25, 0.3) is 0 Å². The van der Waals surface area contributed by atoms with Gasteiger partial charge in [-0.05, 0) is 31.2 Å². The highest BCUT2D eigenvalue weighted by atomic mass is 79.9. The van der Waals surface area contributed by atoms with Gasteiger partial charge in [-0.2, -0.15) is 14.9 Å². The van der Waals surface area contributed by atoms with Crippen molar-refractivity contribution in [3.63, 3.8) is 0 Å². The second-order valence-electron chi connectivity index (χ2n) is 4.70. The Labute approximate surface area is 134 Å². The topological polar surface area (TPSA) is 97.1 Å². The van der Waals surface area contributed by atoms with E-state index in [1.54, 1.807) is 31.2 Å². The zero-order valence-electron chi connectivity index (χ0n) is 11.5. The number of aryl methyl sites for hydroxylation is 1. The van der Waals surface area contributed by atoms with Gasteiger partial charge in [0.15, 0.2) is 11.4 Å². The molecule has 0 unspecified atom stereocenters. The third-order valence-electron chi connectivity index (χ3n) is 3.32. The van der Waals surface area contributed by atoms with Gasteiger partial charge in [-0.15, -0.1) is 0 Å². The van der Waals surface area contributed by atoms with E-state index < -0.39 is 0 Å². The normalized spacial score (nSPS) is 10.6. The lowest BCUT2D eigenvalue weighted by Crippen LogP contribution is -2.14. The van der Waals surface area contributed by atoms with Crippen LogP contribution in [0.25, 0.3) is 5.65 Å². The van der Waals surface area contributed by atoms with Crippen LogP contribution in [-0.2, 0) is 0 Å². The quantitative estimate of drug-likeness (QED) is 0.712. The molecule has 2 aromatic heterocycles. The molecule has 0 aliphatic carbocycles. The van der Waals surface area contributed by atoms with Crippen LogP contribution in [0.5, 0.6) is 0 Å². The van der Waals surface area contributed by atoms with Gasteiger partial charge in [0.05, 0.1) is 17.5 Å². The van der Waals surface area contributed by atoms with Crippen molar-refractivity contribution in [2.24, 2.45) is 0 Å². The number of rotatable bonds is 2. The fourth-order valence-corrected chi connectivity index (χ4v) is 2.50. The van der Waals surface area contributed by atoms with E-state index in [9.17, 15) is 4.79 Å². The molecule has 22 heavy (non-hydrogen) atoms. The first-order chi connectivity index (χ1) is 10.5. The first kappa shape index (κ1) is 14.2. The van der Waals surface area contributed by atoms with Gasteiger partial charge in [0, 0.05) is 10.0 Å². The summed E-state index contributed by atoms with van der Waals surface area (Å²) in [4.78, 5) is 17.0. The number of hydrogen-bond donors (Lipinski definition) is 1. The molecule has 2 heterocycles. The third kappa shape index (κ3) is 2.14. The lowest BCUT2D eigenvalue weighted by Gasteiger charge is -2.10. The number of carbonyl (C=O) groups is 1. The molecule has 2 N–H and O–H groups in total. The molecule has 0 aliphatic heterocycles. The van der Waals surface area contributed by atoms with Gasteiger partial charge < -0.3 is 5.73 Å². The van der Waals surface area contributed by atoms with Gasteiger partial charge in [0.2, 0.25) is 0 Å². The number of carbonyl (C=O) groups excluding carboxylic acids is 1. The van der Waals surface area contributed by atoms with Crippen LogP contribution in [0.15, 0.2) is 34.9 Å². The second kappa shape index (κ2) is 5.24. The summed E-state index contributed by atoms with van der Waals surface area (Å²) in [5.41, 5.74) is 8.01. The predicted octanol–water partition coefficient (Wildman–Crippen LogP) is 2.49. The zero-order valence-corrected chi connectivity index (χ0v) is 13.1. The van der Waals surface area contributed by atoms with Crippen LogP contribution >= 0.6 is 15.9 Å². The van der Waals surface area contributed by atoms with Gasteiger partial charge in [-0.3, -0.25) is 4.79 Å². The fraction of sp³-hybridized carbons (Fsp3) is 0.0667. The van der Waals surface area contributed by atoms with Crippen molar-refractivity contribution in [3.8, 4) is 6.07 Å². The first-order valence-electron chi connectivity index (χ1n) is 6.37. The molecule has 0 saturated carbocycles. The van der Waals surface area contributed by atoms with Crippen molar-refractivity contribution in [3.05, 3.63) is 57.3 Å². The van der Waals surface area contributed by atoms with E-state index in [2.05, 4.69) is 26.0 Å². The number of halogens is 1. The Bertz CT molecular complexity index is 937. The van der Waals surface area contributed by atoms with Crippen molar-refractivity contribution >= 4 is 33.2 Å². The average molecular weight is 356 g/mol. The van der Waals surface area contributed by atoms with E-state index in [-0.39, 0.29) is 11.6 Å². The minimum absolute atomic E-state index is 0.178. The molecule has 3 aromatic rings. The van der Waals surface area contributed by atoms with E-state index in [0.29, 0.717) is 28.0 Å². The molecule has 0 aliphatic rings. The van der Waals surface area contributed by atoms with E-state index in [1.165, 1.54) is 10.7 Å². The number of hydrogen-bond acceptors (Lipinski definition) is 5. The average Bonchev–Trinajstić information content (AvgIpc) is 2.90. The van der Waals surface area contributed by atoms with Crippen LogP contribution in [0, 0.1) is 18.3 Å². The number of nitrogens with zero attached hydrogens (tertiary/aromatic N) is 4. The molecule has 0 fully saturated rings. The van der Waals surface area contributed by atoms with Crippen molar-refractivity contribution < 1.29 is 4.79 Å². The molecular weight excluding hydrogens is 346 g/mol. The summed E-state index contributed by atoms with van der Waals surface area (Å²) in [5.74, 6) is -0.0529. The van der Waals surface area contributed by atoms with Crippen LogP contribution in [0.1, 0.15) is 27.2 Å². The Morgan fingerprint density at radius 2 is 2.05 bits per heavy atom. The molecule has 0 amide bonds. The molecule has 0 bridgehead atoms. The van der Waals surface area contributed by atoms with Crippen molar-refractivity contribution in [2.45, 2.75) is 6.92 Å². The molecule has 3 rings (SSSR count). The summed E-state index contributed by atoms with van der Waals surface area (Å²) in [6.45, 7) is 1.69. The van der Waals surface area contributed by atoms with Crippen molar-refractivity contribution in [1.82, 2.24) is 14.6 Å². The number of anilines is 1. The minimum Gasteiger partial charge on any atom is -0.383 e. The molecule has 6 nitrogen and oxygen atoms in total. The van der Waals surface area contributed by atoms with Crippen molar-refractivity contribution in [1.29, 1.82) is 5.26 Å². The molecule has 1 aromatic carbocycles. The summed E-state index contributed by atoms with van der Waals surface area (Å²) in [5, 5.41) is 13.1. The Morgan fingerprint density at radius 3 is 2.68 bits per heavy atom. The summed E-state index contributed by atoms with van der Waals surface area (Å²) >= 11 is 3.33. The summed E-state index contributed by atoms with van der Waals surface area (Å²) in [7, 11) is 0. The smallest absolute Gasteiger partial charge is 0.198 e. The highest BCUT2D eigenvalue weighted by molar-refractivity contribution is 9.10. The number of ketones is 1. The standard InChI is InChI=1S/C15H10BrN5O/c1-8-12(13(22)9-2-4-11(16)5-3-9)14(18)21-15(20-8)10(6-17)7-19-21/h2-5,7H,18H2,1H3. The second-order valence-corrected chi connectivity index (χ2v) is 5.61. The van der Waals surface area contributed by atoms with Crippen LogP contribution in [0.4, 0.5) is 5.82 Å². The fourth-order valence-electron chi connectivity index (χ4n) is 2.24.